The Hall–Kier alpha value is -1.25. The highest BCUT2D eigenvalue weighted by atomic mass is 19.4. The van der Waals surface area contributed by atoms with E-state index in [9.17, 15) is 13.2 Å². The second-order valence-corrected chi connectivity index (χ2v) is 4.49. The van der Waals surface area contributed by atoms with Crippen molar-refractivity contribution in [3.63, 3.8) is 0 Å². The lowest BCUT2D eigenvalue weighted by molar-refractivity contribution is -0.126. The molecule has 100 valence electrons. The van der Waals surface area contributed by atoms with E-state index in [-0.39, 0.29) is 0 Å². The molecule has 0 spiro atoms. The molecule has 3 heteroatoms. The first-order valence-corrected chi connectivity index (χ1v) is 6.23. The Morgan fingerprint density at radius 3 is 2.50 bits per heavy atom. The molecule has 0 atom stereocenters. The van der Waals surface area contributed by atoms with Gasteiger partial charge in [0.05, 0.1) is 6.42 Å². The first-order chi connectivity index (χ1) is 8.46. The van der Waals surface area contributed by atoms with Crippen molar-refractivity contribution in [3.05, 3.63) is 47.6 Å². The molecule has 0 nitrogen and oxygen atoms in total. The lowest BCUT2D eigenvalue weighted by Gasteiger charge is -2.18. The van der Waals surface area contributed by atoms with Crippen LogP contribution in [0.3, 0.4) is 0 Å². The highest BCUT2D eigenvalue weighted by molar-refractivity contribution is 5.40. The van der Waals surface area contributed by atoms with Crippen LogP contribution in [0.4, 0.5) is 13.2 Å². The van der Waals surface area contributed by atoms with Gasteiger partial charge in [-0.25, -0.2) is 0 Å². The van der Waals surface area contributed by atoms with Crippen LogP contribution in [0, 0.1) is 0 Å². The number of allylic oxidation sites excluding steroid dienone is 7. The Balaban J connectivity index is 2.83. The molecule has 1 aliphatic carbocycles. The number of rotatable bonds is 5. The van der Waals surface area contributed by atoms with Crippen LogP contribution in [0.2, 0.25) is 0 Å². The van der Waals surface area contributed by atoms with E-state index in [4.69, 9.17) is 0 Å². The van der Waals surface area contributed by atoms with Gasteiger partial charge in [0, 0.05) is 0 Å². The van der Waals surface area contributed by atoms with Gasteiger partial charge in [-0.3, -0.25) is 0 Å². The van der Waals surface area contributed by atoms with Gasteiger partial charge in [0.25, 0.3) is 0 Å². The minimum atomic E-state index is -4.16. The zero-order valence-electron chi connectivity index (χ0n) is 10.7. The molecule has 0 N–H and O–H groups in total. The quantitative estimate of drug-likeness (QED) is 0.570. The lowest BCUT2D eigenvalue weighted by Crippen LogP contribution is -2.10. The Labute approximate surface area is 107 Å². The van der Waals surface area contributed by atoms with Crippen LogP contribution in [-0.2, 0) is 0 Å². The summed E-state index contributed by atoms with van der Waals surface area (Å²) in [5, 5.41) is 0. The highest BCUT2D eigenvalue weighted by Crippen LogP contribution is 2.33. The van der Waals surface area contributed by atoms with Gasteiger partial charge in [-0.05, 0) is 30.4 Å². The normalized spacial score (nSPS) is 17.2. The van der Waals surface area contributed by atoms with Crippen LogP contribution in [0.15, 0.2) is 47.6 Å². The molecule has 0 aromatic heterocycles. The van der Waals surface area contributed by atoms with Crippen molar-refractivity contribution in [1.29, 1.82) is 0 Å². The van der Waals surface area contributed by atoms with Gasteiger partial charge in [0.15, 0.2) is 0 Å². The van der Waals surface area contributed by atoms with E-state index < -0.39 is 12.6 Å². The van der Waals surface area contributed by atoms with E-state index >= 15 is 0 Å². The molecule has 0 aliphatic heterocycles. The van der Waals surface area contributed by atoms with E-state index in [1.165, 1.54) is 17.7 Å². The SMILES string of the molecule is C=C/C=C(\CC(F)(F)F)C1=CC=C(CCC)CC1. The molecular weight excluding hydrogens is 237 g/mol. The van der Waals surface area contributed by atoms with E-state index in [0.717, 1.165) is 24.8 Å². The van der Waals surface area contributed by atoms with Crippen molar-refractivity contribution in [1.82, 2.24) is 0 Å². The smallest absolute Gasteiger partial charge is 0.171 e. The predicted molar refractivity (Wildman–Crippen MR) is 69.3 cm³/mol. The Morgan fingerprint density at radius 1 is 1.33 bits per heavy atom. The minimum absolute atomic E-state index is 0.337. The van der Waals surface area contributed by atoms with E-state index in [0.29, 0.717) is 12.0 Å². The van der Waals surface area contributed by atoms with Gasteiger partial charge in [-0.2, -0.15) is 13.2 Å². The van der Waals surface area contributed by atoms with Crippen LogP contribution in [0.5, 0.6) is 0 Å². The zero-order valence-corrected chi connectivity index (χ0v) is 10.7. The van der Waals surface area contributed by atoms with Gasteiger partial charge in [0.1, 0.15) is 0 Å². The van der Waals surface area contributed by atoms with Crippen LogP contribution >= 0.6 is 0 Å². The van der Waals surface area contributed by atoms with Crippen molar-refractivity contribution in [2.24, 2.45) is 0 Å². The molecule has 0 amide bonds. The minimum Gasteiger partial charge on any atom is -0.171 e. The van der Waals surface area contributed by atoms with E-state index in [2.05, 4.69) is 13.5 Å². The Morgan fingerprint density at radius 2 is 2.06 bits per heavy atom. The topological polar surface area (TPSA) is 0 Å². The summed E-state index contributed by atoms with van der Waals surface area (Å²) < 4.78 is 37.4. The number of hydrogen-bond acceptors (Lipinski definition) is 0. The van der Waals surface area contributed by atoms with Crippen molar-refractivity contribution in [2.45, 2.75) is 45.2 Å². The molecule has 0 unspecified atom stereocenters. The summed E-state index contributed by atoms with van der Waals surface area (Å²) in [7, 11) is 0. The molecule has 18 heavy (non-hydrogen) atoms. The van der Waals surface area contributed by atoms with Crippen LogP contribution in [-0.4, -0.2) is 6.18 Å². The third-order valence-electron chi connectivity index (χ3n) is 2.93. The Kier molecular flexibility index (Phi) is 5.45. The molecule has 0 bridgehead atoms. The third-order valence-corrected chi connectivity index (χ3v) is 2.93. The molecule has 0 saturated heterocycles. The van der Waals surface area contributed by atoms with Gasteiger partial charge < -0.3 is 0 Å². The van der Waals surface area contributed by atoms with Crippen LogP contribution < -0.4 is 0 Å². The molecule has 1 aliphatic rings. The first-order valence-electron chi connectivity index (χ1n) is 6.23. The molecule has 0 heterocycles. The zero-order chi connectivity index (χ0) is 13.6. The summed E-state index contributed by atoms with van der Waals surface area (Å²) in [6.07, 6.45) is 5.32. The maximum Gasteiger partial charge on any atom is 0.393 e. The van der Waals surface area contributed by atoms with E-state index in [1.54, 1.807) is 0 Å². The van der Waals surface area contributed by atoms with Crippen molar-refractivity contribution in [3.8, 4) is 0 Å². The largest absolute Gasteiger partial charge is 0.393 e. The second-order valence-electron chi connectivity index (χ2n) is 4.49. The fourth-order valence-corrected chi connectivity index (χ4v) is 2.12. The highest BCUT2D eigenvalue weighted by Gasteiger charge is 2.29. The molecular formula is C15H19F3. The average molecular weight is 256 g/mol. The fraction of sp³-hybridized carbons (Fsp3) is 0.467. The summed E-state index contributed by atoms with van der Waals surface area (Å²) >= 11 is 0. The van der Waals surface area contributed by atoms with Crippen LogP contribution in [0.1, 0.15) is 39.0 Å². The van der Waals surface area contributed by atoms with Gasteiger partial charge in [0.2, 0.25) is 0 Å². The Bertz CT molecular complexity index is 381. The van der Waals surface area contributed by atoms with E-state index in [1.807, 2.05) is 12.2 Å². The van der Waals surface area contributed by atoms with Crippen LogP contribution in [0.25, 0.3) is 0 Å². The monoisotopic (exact) mass is 256 g/mol. The standard InChI is InChI=1S/C15H19F3/c1-3-5-12-7-9-13(10-8-12)14(6-4-2)11-15(16,17)18/h4,6-7,9H,2-3,5,8,10-11H2,1H3/b14-6+. The maximum atomic E-state index is 12.5. The number of alkyl halides is 3. The van der Waals surface area contributed by atoms with Gasteiger partial charge >= 0.3 is 6.18 Å². The molecule has 0 aromatic carbocycles. The average Bonchev–Trinajstić information content (AvgIpc) is 2.28. The molecule has 0 radical (unpaired) electrons. The summed E-state index contributed by atoms with van der Waals surface area (Å²) in [5.74, 6) is 0. The molecule has 1 rings (SSSR count). The summed E-state index contributed by atoms with van der Waals surface area (Å²) in [4.78, 5) is 0. The number of halogens is 3. The van der Waals surface area contributed by atoms with Crippen molar-refractivity contribution >= 4 is 0 Å². The number of hydrogen-bond donors (Lipinski definition) is 0. The fourth-order valence-electron chi connectivity index (χ4n) is 2.12. The third kappa shape index (κ3) is 4.94. The first kappa shape index (κ1) is 14.8. The van der Waals surface area contributed by atoms with Crippen molar-refractivity contribution in [2.75, 3.05) is 0 Å². The summed E-state index contributed by atoms with van der Waals surface area (Å²) in [6, 6.07) is 0. The predicted octanol–water partition coefficient (Wildman–Crippen LogP) is 5.50. The lowest BCUT2D eigenvalue weighted by atomic mass is 9.90. The molecule has 0 saturated carbocycles. The molecule has 0 fully saturated rings. The van der Waals surface area contributed by atoms with Crippen molar-refractivity contribution < 1.29 is 13.2 Å². The maximum absolute atomic E-state index is 12.5. The summed E-state index contributed by atoms with van der Waals surface area (Å²) in [5.41, 5.74) is 2.45. The summed E-state index contributed by atoms with van der Waals surface area (Å²) in [6.45, 7) is 5.59. The molecule has 0 aromatic rings. The second kappa shape index (κ2) is 6.62. The van der Waals surface area contributed by atoms with Gasteiger partial charge in [-0.15, -0.1) is 0 Å². The van der Waals surface area contributed by atoms with Gasteiger partial charge in [-0.1, -0.05) is 49.8 Å².